The molecule has 1 heterocycles. The molecule has 22 heavy (non-hydrogen) atoms. The molecule has 2 aromatic rings. The number of nitrogens with zero attached hydrogens (tertiary/aromatic N) is 1. The van der Waals surface area contributed by atoms with Crippen LogP contribution in [0.2, 0.25) is 0 Å². The Balaban J connectivity index is 2.01. The molecule has 0 radical (unpaired) electrons. The van der Waals surface area contributed by atoms with Crippen LogP contribution in [0.25, 0.3) is 0 Å². The average molecular weight is 405 g/mol. The first-order valence-electron chi connectivity index (χ1n) is 6.50. The highest BCUT2D eigenvalue weighted by molar-refractivity contribution is 9.11. The van der Waals surface area contributed by atoms with Crippen LogP contribution < -0.4 is 9.62 Å². The Morgan fingerprint density at radius 2 is 1.86 bits per heavy atom. The number of aliphatic hydroxyl groups excluding tert-OH is 1. The van der Waals surface area contributed by atoms with Crippen molar-refractivity contribution >= 4 is 43.0 Å². The lowest BCUT2D eigenvalue weighted by Gasteiger charge is -2.15. The molecule has 0 saturated heterocycles. The van der Waals surface area contributed by atoms with Crippen LogP contribution in [0.15, 0.2) is 44.4 Å². The molecule has 2 N–H and O–H groups in total. The minimum Gasteiger partial charge on any atom is -0.387 e. The van der Waals surface area contributed by atoms with Gasteiger partial charge in [-0.05, 0) is 45.8 Å². The highest BCUT2D eigenvalue weighted by Gasteiger charge is 2.18. The van der Waals surface area contributed by atoms with Crippen molar-refractivity contribution in [3.8, 4) is 0 Å². The van der Waals surface area contributed by atoms with Crippen molar-refractivity contribution in [1.29, 1.82) is 0 Å². The summed E-state index contributed by atoms with van der Waals surface area (Å²) in [6, 6.07) is 10.5. The first-order chi connectivity index (χ1) is 10.3. The van der Waals surface area contributed by atoms with Crippen molar-refractivity contribution in [3.05, 3.63) is 45.7 Å². The SMILES string of the molecule is CN(C)c1ccc([C@H](O)CNS(=O)(=O)c2ccc(Br)s2)cc1. The summed E-state index contributed by atoms with van der Waals surface area (Å²) < 4.78 is 27.6. The molecule has 0 fully saturated rings. The maximum Gasteiger partial charge on any atom is 0.250 e. The van der Waals surface area contributed by atoms with Crippen LogP contribution in [0.5, 0.6) is 0 Å². The van der Waals surface area contributed by atoms with Gasteiger partial charge < -0.3 is 10.0 Å². The standard InChI is InChI=1S/C14H17BrN2O3S2/c1-17(2)11-5-3-10(4-6-11)12(18)9-16-22(19,20)14-8-7-13(15)21-14/h3-8,12,16,18H,9H2,1-2H3/t12-/m1/s1. The second-order valence-electron chi connectivity index (χ2n) is 4.91. The number of nitrogens with one attached hydrogen (secondary N) is 1. The highest BCUT2D eigenvalue weighted by atomic mass is 79.9. The van der Waals surface area contributed by atoms with Gasteiger partial charge in [0.25, 0.3) is 0 Å². The molecular formula is C14H17BrN2O3S2. The van der Waals surface area contributed by atoms with Gasteiger partial charge in [0.05, 0.1) is 9.89 Å². The third kappa shape index (κ3) is 4.30. The van der Waals surface area contributed by atoms with Crippen LogP contribution in [0.3, 0.4) is 0 Å². The number of rotatable bonds is 6. The number of anilines is 1. The summed E-state index contributed by atoms with van der Waals surface area (Å²) in [7, 11) is 0.265. The minimum atomic E-state index is -3.59. The molecule has 0 amide bonds. The van der Waals surface area contributed by atoms with Crippen molar-refractivity contribution in [3.63, 3.8) is 0 Å². The van der Waals surface area contributed by atoms with Crippen LogP contribution in [0.4, 0.5) is 5.69 Å². The third-order valence-electron chi connectivity index (χ3n) is 3.07. The van der Waals surface area contributed by atoms with E-state index >= 15 is 0 Å². The monoisotopic (exact) mass is 404 g/mol. The minimum absolute atomic E-state index is 0.0703. The van der Waals surface area contributed by atoms with Crippen LogP contribution >= 0.6 is 27.3 Å². The number of hydrogen-bond donors (Lipinski definition) is 2. The maximum absolute atomic E-state index is 12.1. The molecule has 0 bridgehead atoms. The summed E-state index contributed by atoms with van der Waals surface area (Å²) in [5, 5.41) is 10.1. The quantitative estimate of drug-likeness (QED) is 0.775. The van der Waals surface area contributed by atoms with Crippen molar-refractivity contribution in [2.45, 2.75) is 10.3 Å². The lowest BCUT2D eigenvalue weighted by Crippen LogP contribution is -2.28. The smallest absolute Gasteiger partial charge is 0.250 e. The van der Waals surface area contributed by atoms with Gasteiger partial charge in [-0.3, -0.25) is 0 Å². The lowest BCUT2D eigenvalue weighted by molar-refractivity contribution is 0.182. The van der Waals surface area contributed by atoms with Gasteiger partial charge in [-0.15, -0.1) is 11.3 Å². The van der Waals surface area contributed by atoms with E-state index in [9.17, 15) is 13.5 Å². The summed E-state index contributed by atoms with van der Waals surface area (Å²) in [6.07, 6.45) is -0.894. The molecule has 0 aliphatic carbocycles. The lowest BCUT2D eigenvalue weighted by atomic mass is 10.1. The van der Waals surface area contributed by atoms with Gasteiger partial charge in [0.15, 0.2) is 0 Å². The molecule has 0 aliphatic rings. The van der Waals surface area contributed by atoms with E-state index in [-0.39, 0.29) is 10.8 Å². The fourth-order valence-corrected chi connectivity index (χ4v) is 4.91. The van der Waals surface area contributed by atoms with Crippen molar-refractivity contribution in [2.24, 2.45) is 0 Å². The zero-order valence-electron chi connectivity index (χ0n) is 12.2. The van der Waals surface area contributed by atoms with Gasteiger partial charge >= 0.3 is 0 Å². The zero-order valence-corrected chi connectivity index (χ0v) is 15.4. The Hall–Kier alpha value is -0.930. The molecule has 5 nitrogen and oxygen atoms in total. The number of hydrogen-bond acceptors (Lipinski definition) is 5. The second kappa shape index (κ2) is 7.10. The van der Waals surface area contributed by atoms with E-state index < -0.39 is 16.1 Å². The van der Waals surface area contributed by atoms with Gasteiger partial charge in [0.2, 0.25) is 10.0 Å². The van der Waals surface area contributed by atoms with E-state index in [1.165, 1.54) is 6.07 Å². The second-order valence-corrected chi connectivity index (χ2v) is 9.37. The molecule has 0 aliphatic heterocycles. The number of benzene rings is 1. The third-order valence-corrected chi connectivity index (χ3v) is 6.61. The summed E-state index contributed by atoms with van der Waals surface area (Å²) in [5.74, 6) is 0. The normalized spacial score (nSPS) is 13.1. The molecule has 1 atom stereocenters. The average Bonchev–Trinajstić information content (AvgIpc) is 2.92. The van der Waals surface area contributed by atoms with Gasteiger partial charge in [-0.1, -0.05) is 12.1 Å². The first-order valence-corrected chi connectivity index (χ1v) is 9.59. The summed E-state index contributed by atoms with van der Waals surface area (Å²) >= 11 is 4.36. The van der Waals surface area contributed by atoms with Gasteiger partial charge in [0, 0.05) is 26.3 Å². The molecular weight excluding hydrogens is 388 g/mol. The molecule has 0 saturated carbocycles. The zero-order chi connectivity index (χ0) is 16.3. The predicted octanol–water partition coefficient (Wildman–Crippen LogP) is 2.59. The van der Waals surface area contributed by atoms with E-state index in [0.717, 1.165) is 20.8 Å². The highest BCUT2D eigenvalue weighted by Crippen LogP contribution is 2.26. The summed E-state index contributed by atoms with van der Waals surface area (Å²) in [4.78, 5) is 1.95. The van der Waals surface area contributed by atoms with E-state index in [1.807, 2.05) is 31.1 Å². The largest absolute Gasteiger partial charge is 0.387 e. The fraction of sp³-hybridized carbons (Fsp3) is 0.286. The molecule has 120 valence electrons. The summed E-state index contributed by atoms with van der Waals surface area (Å²) in [5.41, 5.74) is 1.68. The Kier molecular flexibility index (Phi) is 5.62. The molecule has 0 unspecified atom stereocenters. The maximum atomic E-state index is 12.1. The Labute approximate surface area is 142 Å². The van der Waals surface area contributed by atoms with Crippen LogP contribution in [-0.4, -0.2) is 34.2 Å². The Morgan fingerprint density at radius 1 is 1.23 bits per heavy atom. The predicted molar refractivity (Wildman–Crippen MR) is 92.9 cm³/mol. The Morgan fingerprint density at radius 3 is 2.36 bits per heavy atom. The number of sulfonamides is 1. The van der Waals surface area contributed by atoms with E-state index in [0.29, 0.717) is 5.56 Å². The molecule has 1 aromatic carbocycles. The van der Waals surface area contributed by atoms with Gasteiger partial charge in [-0.25, -0.2) is 13.1 Å². The molecule has 8 heteroatoms. The van der Waals surface area contributed by atoms with E-state index in [1.54, 1.807) is 18.2 Å². The van der Waals surface area contributed by atoms with Crippen molar-refractivity contribution < 1.29 is 13.5 Å². The van der Waals surface area contributed by atoms with Gasteiger partial charge in [0.1, 0.15) is 4.21 Å². The number of thiophene rings is 1. The van der Waals surface area contributed by atoms with E-state index in [4.69, 9.17) is 0 Å². The first kappa shape index (κ1) is 17.4. The van der Waals surface area contributed by atoms with Gasteiger partial charge in [-0.2, -0.15) is 0 Å². The summed E-state index contributed by atoms with van der Waals surface area (Å²) in [6.45, 7) is -0.0703. The van der Waals surface area contributed by atoms with Crippen molar-refractivity contribution in [2.75, 3.05) is 25.5 Å². The van der Waals surface area contributed by atoms with Crippen molar-refractivity contribution in [1.82, 2.24) is 4.72 Å². The van der Waals surface area contributed by atoms with Crippen LogP contribution in [-0.2, 0) is 10.0 Å². The molecule has 1 aromatic heterocycles. The number of aliphatic hydroxyl groups is 1. The molecule has 2 rings (SSSR count). The number of halogens is 1. The fourth-order valence-electron chi connectivity index (χ4n) is 1.81. The van der Waals surface area contributed by atoms with E-state index in [2.05, 4.69) is 20.7 Å². The molecule has 0 spiro atoms. The Bertz CT molecular complexity index is 727. The topological polar surface area (TPSA) is 69.6 Å². The van der Waals surface area contributed by atoms with Crippen LogP contribution in [0.1, 0.15) is 11.7 Å². The van der Waals surface area contributed by atoms with Crippen LogP contribution in [0, 0.1) is 0 Å².